The molecular formula is C76H68N10. The van der Waals surface area contributed by atoms with Crippen LogP contribution in [-0.4, -0.2) is 49.8 Å². The summed E-state index contributed by atoms with van der Waals surface area (Å²) in [6.45, 7) is 4.55. The molecule has 86 heavy (non-hydrogen) atoms. The third kappa shape index (κ3) is 12.1. The first kappa shape index (κ1) is 55.1. The van der Waals surface area contributed by atoms with Gasteiger partial charge in [-0.25, -0.2) is 19.9 Å². The van der Waals surface area contributed by atoms with Crippen molar-refractivity contribution in [1.82, 2.24) is 49.8 Å². The minimum atomic E-state index is 0.799. The van der Waals surface area contributed by atoms with Crippen molar-refractivity contribution in [1.29, 1.82) is 0 Å². The van der Waals surface area contributed by atoms with Crippen molar-refractivity contribution in [3.8, 4) is 90.1 Å². The van der Waals surface area contributed by atoms with E-state index in [1.54, 1.807) is 12.4 Å². The molecule has 0 aliphatic carbocycles. The molecule has 2 aliphatic heterocycles. The number of aromatic nitrogens is 10. The number of unbranched alkanes of at least 4 members (excludes halogenated alkanes) is 8. The van der Waals surface area contributed by atoms with E-state index in [2.05, 4.69) is 155 Å². The van der Waals surface area contributed by atoms with Crippen LogP contribution < -0.4 is 0 Å². The first-order valence-electron chi connectivity index (χ1n) is 30.6. The van der Waals surface area contributed by atoms with Crippen LogP contribution in [0.1, 0.15) is 112 Å². The maximum absolute atomic E-state index is 5.64. The van der Waals surface area contributed by atoms with E-state index >= 15 is 0 Å². The average molecular weight is 1120 g/mol. The van der Waals surface area contributed by atoms with Crippen LogP contribution in [0.3, 0.4) is 0 Å². The predicted molar refractivity (Wildman–Crippen MR) is 354 cm³/mol. The summed E-state index contributed by atoms with van der Waals surface area (Å²) in [5, 5.41) is 0. The Hall–Kier alpha value is -10.1. The molecule has 10 heteroatoms. The standard InChI is InChI=1S/C76H68N10/c1-3-5-7-9-11-25-57-59-37-41-71(81-59)75(53-23-17-21-51(47-53)55-33-35-65(79-49-55)69-31-19-29-67(85-69)63-27-13-15-45-77-63)73-43-39-61(83-73)58(26-12-10-8-6-4-2)62-40-44-74(84-62)76(72-42-38-60(57)82-72)54-24-18-22-52(48-54)56-34-36-66(80-50-56)70-32-20-30-68(86-70)64-28-14-16-46-78-64/h13-24,27-50,81,84H,3-12,25-26H2,1-2H3. The molecule has 0 spiro atoms. The Labute approximate surface area is 503 Å². The van der Waals surface area contributed by atoms with Crippen LogP contribution in [0.4, 0.5) is 0 Å². The zero-order valence-electron chi connectivity index (χ0n) is 48.8. The van der Waals surface area contributed by atoms with Crippen LogP contribution in [-0.2, 0) is 12.8 Å². The third-order valence-corrected chi connectivity index (χ3v) is 16.4. The van der Waals surface area contributed by atoms with Gasteiger partial charge in [-0.05, 0) is 169 Å². The Balaban J connectivity index is 0.932. The van der Waals surface area contributed by atoms with E-state index in [0.717, 1.165) is 173 Å². The minimum absolute atomic E-state index is 0.799. The molecule has 2 N–H and O–H groups in total. The molecule has 2 aromatic carbocycles. The van der Waals surface area contributed by atoms with E-state index in [4.69, 9.17) is 29.9 Å². The first-order valence-corrected chi connectivity index (χ1v) is 30.6. The molecule has 11 heterocycles. The highest BCUT2D eigenvalue weighted by Crippen LogP contribution is 2.38. The van der Waals surface area contributed by atoms with Gasteiger partial charge in [0, 0.05) is 80.2 Å². The van der Waals surface area contributed by atoms with Crippen LogP contribution in [0.2, 0.25) is 0 Å². The van der Waals surface area contributed by atoms with Gasteiger partial charge < -0.3 is 9.97 Å². The lowest BCUT2D eigenvalue weighted by Crippen LogP contribution is -1.94. The lowest BCUT2D eigenvalue weighted by atomic mass is 9.98. The number of nitrogens with one attached hydrogen (secondary N) is 2. The number of aromatic amines is 2. The van der Waals surface area contributed by atoms with Crippen molar-refractivity contribution in [2.45, 2.75) is 90.9 Å². The van der Waals surface area contributed by atoms with E-state index in [0.29, 0.717) is 0 Å². The number of nitrogens with zero attached hydrogens (tertiary/aromatic N) is 8. The second kappa shape index (κ2) is 25.8. The molecule has 0 saturated heterocycles. The molecular weight excluding hydrogens is 1050 g/mol. The van der Waals surface area contributed by atoms with Crippen LogP contribution in [0, 0.1) is 0 Å². The molecule has 0 fully saturated rings. The summed E-state index contributed by atoms with van der Waals surface area (Å²) in [6, 6.07) is 58.7. The second-order valence-corrected chi connectivity index (χ2v) is 22.3. The zero-order chi connectivity index (χ0) is 58.0. The highest BCUT2D eigenvalue weighted by molar-refractivity contribution is 5.95. The Morgan fingerprint density at radius 3 is 1.08 bits per heavy atom. The van der Waals surface area contributed by atoms with Gasteiger partial charge in [0.15, 0.2) is 0 Å². The first-order chi connectivity index (χ1) is 42.5. The quantitative estimate of drug-likeness (QED) is 0.0721. The van der Waals surface area contributed by atoms with E-state index in [1.165, 1.54) is 49.7 Å². The minimum Gasteiger partial charge on any atom is -0.355 e. The Morgan fingerprint density at radius 1 is 0.291 bits per heavy atom. The lowest BCUT2D eigenvalue weighted by Gasteiger charge is -2.09. The smallest absolute Gasteiger partial charge is 0.0894 e. The fourth-order valence-corrected chi connectivity index (χ4v) is 11.9. The molecule has 0 unspecified atom stereocenters. The van der Waals surface area contributed by atoms with Crippen molar-refractivity contribution in [3.63, 3.8) is 0 Å². The number of fused-ring (bicyclic) bond motifs is 8. The molecule has 0 radical (unpaired) electrons. The summed E-state index contributed by atoms with van der Waals surface area (Å²) in [6.07, 6.45) is 29.8. The largest absolute Gasteiger partial charge is 0.355 e. The number of aryl methyl sites for hydroxylation is 2. The van der Waals surface area contributed by atoms with Gasteiger partial charge in [0.05, 0.1) is 68.3 Å². The predicted octanol–water partition coefficient (Wildman–Crippen LogP) is 19.4. The van der Waals surface area contributed by atoms with Crippen molar-refractivity contribution >= 4 is 46.4 Å². The molecule has 13 rings (SSSR count). The summed E-state index contributed by atoms with van der Waals surface area (Å²) in [5.74, 6) is 0. The lowest BCUT2D eigenvalue weighted by molar-refractivity contribution is 0.632. The number of benzene rings is 2. The van der Waals surface area contributed by atoms with Crippen LogP contribution in [0.15, 0.2) is 195 Å². The SMILES string of the molecule is CCCCCCCc1c2nc(c(-c3cccc(-c4ccc(-c5cccc(-c6ccccn6)n5)nc4)c3)c3ccc([nH]3)c(CCCCCCC)c3nc(c(-c4cccc(-c5ccc(-c6cccc(-c7ccccn7)n6)nc5)c4)c4ccc1[nH]4)C=C3)C=C2. The maximum Gasteiger partial charge on any atom is 0.0894 e. The average Bonchev–Trinajstić information content (AvgIpc) is 3.14. The number of rotatable bonds is 20. The highest BCUT2D eigenvalue weighted by atomic mass is 14.8. The van der Waals surface area contributed by atoms with Gasteiger partial charge in [-0.3, -0.25) is 19.9 Å². The summed E-state index contributed by atoms with van der Waals surface area (Å²) in [7, 11) is 0. The Morgan fingerprint density at radius 2 is 0.674 bits per heavy atom. The molecule has 2 aliphatic rings. The number of H-pyrrole nitrogens is 2. The highest BCUT2D eigenvalue weighted by Gasteiger charge is 2.20. The molecule has 9 aromatic heterocycles. The van der Waals surface area contributed by atoms with Crippen molar-refractivity contribution < 1.29 is 0 Å². The van der Waals surface area contributed by atoms with Gasteiger partial charge in [-0.2, -0.15) is 0 Å². The molecule has 0 saturated carbocycles. The fourth-order valence-electron chi connectivity index (χ4n) is 11.9. The van der Waals surface area contributed by atoms with Gasteiger partial charge in [0.2, 0.25) is 0 Å². The van der Waals surface area contributed by atoms with E-state index < -0.39 is 0 Å². The topological polar surface area (TPSA) is 135 Å². The molecule has 0 amide bonds. The van der Waals surface area contributed by atoms with Gasteiger partial charge in [-0.1, -0.05) is 138 Å². The van der Waals surface area contributed by atoms with E-state index in [9.17, 15) is 0 Å². The molecule has 11 aromatic rings. The van der Waals surface area contributed by atoms with Crippen LogP contribution in [0.25, 0.3) is 136 Å². The Bertz CT molecular complexity index is 4140. The zero-order valence-corrected chi connectivity index (χ0v) is 48.8. The number of hydrogen-bond donors (Lipinski definition) is 2. The van der Waals surface area contributed by atoms with Gasteiger partial charge in [0.25, 0.3) is 0 Å². The summed E-state index contributed by atoms with van der Waals surface area (Å²) in [4.78, 5) is 48.1. The van der Waals surface area contributed by atoms with E-state index in [1.807, 2.05) is 85.2 Å². The monoisotopic (exact) mass is 1120 g/mol. The number of hydrogen-bond acceptors (Lipinski definition) is 8. The maximum atomic E-state index is 5.64. The molecule has 0 atom stereocenters. The van der Waals surface area contributed by atoms with Crippen LogP contribution >= 0.6 is 0 Å². The Kier molecular flexibility index (Phi) is 16.6. The number of pyridine rings is 6. The van der Waals surface area contributed by atoms with Crippen molar-refractivity contribution in [2.75, 3.05) is 0 Å². The van der Waals surface area contributed by atoms with E-state index in [-0.39, 0.29) is 0 Å². The third-order valence-electron chi connectivity index (χ3n) is 16.4. The molecule has 10 nitrogen and oxygen atoms in total. The summed E-state index contributed by atoms with van der Waals surface area (Å²) in [5.41, 5.74) is 25.1. The van der Waals surface area contributed by atoms with Gasteiger partial charge >= 0.3 is 0 Å². The summed E-state index contributed by atoms with van der Waals surface area (Å²) < 4.78 is 0. The molecule has 8 bridgehead atoms. The fraction of sp³-hybridized carbons (Fsp3) is 0.184. The van der Waals surface area contributed by atoms with Crippen molar-refractivity contribution in [2.24, 2.45) is 0 Å². The second-order valence-electron chi connectivity index (χ2n) is 22.3. The van der Waals surface area contributed by atoms with Gasteiger partial charge in [-0.15, -0.1) is 0 Å². The van der Waals surface area contributed by atoms with Crippen LogP contribution in [0.5, 0.6) is 0 Å². The van der Waals surface area contributed by atoms with Crippen molar-refractivity contribution in [3.05, 3.63) is 229 Å². The summed E-state index contributed by atoms with van der Waals surface area (Å²) >= 11 is 0. The van der Waals surface area contributed by atoms with Gasteiger partial charge in [0.1, 0.15) is 0 Å². The normalized spacial score (nSPS) is 11.8. The molecule has 422 valence electrons.